The number of hydrogen-bond donors (Lipinski definition) is 0. The normalized spacial score (nSPS) is 16.1. The van der Waals surface area contributed by atoms with Crippen molar-refractivity contribution in [2.24, 2.45) is 0 Å². The largest absolute Gasteiger partial charge is 0.490 e. The Morgan fingerprint density at radius 2 is 1.80 bits per heavy atom. The van der Waals surface area contributed by atoms with Crippen LogP contribution in [0.25, 0.3) is 0 Å². The van der Waals surface area contributed by atoms with Gasteiger partial charge in [-0.25, -0.2) is 0 Å². The molecule has 1 aliphatic rings. The van der Waals surface area contributed by atoms with E-state index >= 15 is 0 Å². The minimum absolute atomic E-state index is 0.0995. The zero-order valence-corrected chi connectivity index (χ0v) is 14.5. The third-order valence-corrected chi connectivity index (χ3v) is 4.72. The number of para-hydroxylation sites is 1. The highest BCUT2D eigenvalue weighted by Crippen LogP contribution is 2.37. The zero-order valence-electron chi connectivity index (χ0n) is 13.7. The van der Waals surface area contributed by atoms with E-state index in [1.165, 1.54) is 23.9 Å². The molecule has 4 nitrogen and oxygen atoms in total. The molecule has 1 aliphatic heterocycles. The van der Waals surface area contributed by atoms with Gasteiger partial charge in [-0.15, -0.1) is 22.0 Å². The Labute approximate surface area is 148 Å². The number of rotatable bonds is 4. The summed E-state index contributed by atoms with van der Waals surface area (Å²) in [6, 6.07) is 9.18. The third-order valence-electron chi connectivity index (χ3n) is 4.09. The van der Waals surface area contributed by atoms with Crippen LogP contribution < -0.4 is 9.64 Å². The van der Waals surface area contributed by atoms with E-state index in [9.17, 15) is 13.2 Å². The third kappa shape index (κ3) is 4.36. The fraction of sp³-hybridized carbons (Fsp3) is 0.412. The number of thioether (sulfide) groups is 1. The Morgan fingerprint density at radius 3 is 2.40 bits per heavy atom. The van der Waals surface area contributed by atoms with Gasteiger partial charge in [-0.1, -0.05) is 12.1 Å². The van der Waals surface area contributed by atoms with Crippen LogP contribution in [-0.4, -0.2) is 35.6 Å². The Bertz CT molecular complexity index is 701. The highest BCUT2D eigenvalue weighted by atomic mass is 32.2. The van der Waals surface area contributed by atoms with Gasteiger partial charge in [0, 0.05) is 25.9 Å². The number of piperidine rings is 1. The molecule has 0 bridgehead atoms. The molecule has 0 radical (unpaired) electrons. The van der Waals surface area contributed by atoms with Crippen LogP contribution in [0.2, 0.25) is 0 Å². The quantitative estimate of drug-likeness (QED) is 0.753. The number of ether oxygens (including phenoxy) is 1. The van der Waals surface area contributed by atoms with Crippen molar-refractivity contribution in [3.8, 4) is 5.75 Å². The molecule has 0 spiro atoms. The number of anilines is 1. The molecule has 0 N–H and O–H groups in total. The number of aromatic nitrogens is 2. The molecule has 134 valence electrons. The van der Waals surface area contributed by atoms with Gasteiger partial charge in [-0.05, 0) is 30.5 Å². The molecule has 8 heteroatoms. The van der Waals surface area contributed by atoms with Crippen molar-refractivity contribution in [3.05, 3.63) is 42.0 Å². The second kappa shape index (κ2) is 7.51. The van der Waals surface area contributed by atoms with E-state index in [4.69, 9.17) is 4.74 Å². The monoisotopic (exact) mass is 369 g/mol. The van der Waals surface area contributed by atoms with Crippen LogP contribution in [-0.2, 0) is 6.18 Å². The van der Waals surface area contributed by atoms with Crippen LogP contribution in [0, 0.1) is 0 Å². The fourth-order valence-electron chi connectivity index (χ4n) is 2.78. The molecule has 0 aliphatic carbocycles. The average Bonchev–Trinajstić information content (AvgIpc) is 2.62. The van der Waals surface area contributed by atoms with E-state index in [0.717, 1.165) is 16.9 Å². The van der Waals surface area contributed by atoms with Gasteiger partial charge in [0.15, 0.2) is 5.82 Å². The van der Waals surface area contributed by atoms with E-state index < -0.39 is 11.7 Å². The van der Waals surface area contributed by atoms with Crippen molar-refractivity contribution in [3.63, 3.8) is 0 Å². The predicted molar refractivity (Wildman–Crippen MR) is 91.1 cm³/mol. The summed E-state index contributed by atoms with van der Waals surface area (Å²) in [6.45, 7) is 1.35. The topological polar surface area (TPSA) is 38.2 Å². The molecule has 3 rings (SSSR count). The van der Waals surface area contributed by atoms with Crippen molar-refractivity contribution in [1.29, 1.82) is 0 Å². The van der Waals surface area contributed by atoms with Crippen LogP contribution in [0.3, 0.4) is 0 Å². The lowest BCUT2D eigenvalue weighted by atomic mass is 10.1. The zero-order chi connectivity index (χ0) is 17.9. The number of hydrogen-bond acceptors (Lipinski definition) is 5. The Balaban J connectivity index is 1.61. The molecule has 2 heterocycles. The average molecular weight is 369 g/mol. The van der Waals surface area contributed by atoms with Gasteiger partial charge in [0.25, 0.3) is 0 Å². The minimum Gasteiger partial charge on any atom is -0.490 e. The van der Waals surface area contributed by atoms with Gasteiger partial charge in [0.2, 0.25) is 0 Å². The maximum absolute atomic E-state index is 13.0. The Kier molecular flexibility index (Phi) is 5.36. The van der Waals surface area contributed by atoms with Crippen molar-refractivity contribution in [2.45, 2.75) is 30.1 Å². The van der Waals surface area contributed by atoms with E-state index in [1.807, 2.05) is 18.4 Å². The van der Waals surface area contributed by atoms with E-state index in [1.54, 1.807) is 6.07 Å². The van der Waals surface area contributed by atoms with Crippen molar-refractivity contribution in [1.82, 2.24) is 10.2 Å². The van der Waals surface area contributed by atoms with Gasteiger partial charge in [0.1, 0.15) is 16.9 Å². The standard InChI is InChI=1S/C17H18F3N3OS/c1-25-16-7-6-15(21-22-16)23-10-8-12(9-11-23)24-14-5-3-2-4-13(14)17(18,19)20/h2-7,12H,8-11H2,1H3. The Morgan fingerprint density at radius 1 is 1.08 bits per heavy atom. The van der Waals surface area contributed by atoms with Crippen molar-refractivity contribution in [2.75, 3.05) is 24.2 Å². The summed E-state index contributed by atoms with van der Waals surface area (Å²) in [5.74, 6) is 0.685. The van der Waals surface area contributed by atoms with Crippen molar-refractivity contribution < 1.29 is 17.9 Å². The van der Waals surface area contributed by atoms with Crippen LogP contribution in [0.4, 0.5) is 19.0 Å². The first-order valence-electron chi connectivity index (χ1n) is 7.93. The van der Waals surface area contributed by atoms with Gasteiger partial charge >= 0.3 is 6.18 Å². The molecule has 25 heavy (non-hydrogen) atoms. The SMILES string of the molecule is CSc1ccc(N2CCC(Oc3ccccc3C(F)(F)F)CC2)nn1. The molecule has 0 unspecified atom stereocenters. The van der Waals surface area contributed by atoms with Crippen LogP contribution in [0.1, 0.15) is 18.4 Å². The summed E-state index contributed by atoms with van der Waals surface area (Å²) >= 11 is 1.53. The second-order valence-electron chi connectivity index (χ2n) is 5.73. The van der Waals surface area contributed by atoms with Crippen LogP contribution >= 0.6 is 11.8 Å². The van der Waals surface area contributed by atoms with Gasteiger partial charge in [0.05, 0.1) is 5.56 Å². The first-order chi connectivity index (χ1) is 12.0. The number of nitrogens with zero attached hydrogens (tertiary/aromatic N) is 3. The van der Waals surface area contributed by atoms with Gasteiger partial charge in [-0.2, -0.15) is 13.2 Å². The van der Waals surface area contributed by atoms with E-state index in [-0.39, 0.29) is 11.9 Å². The number of benzene rings is 1. The van der Waals surface area contributed by atoms with Crippen LogP contribution in [0.15, 0.2) is 41.4 Å². The minimum atomic E-state index is -4.41. The first-order valence-corrected chi connectivity index (χ1v) is 9.15. The number of halogens is 3. The fourth-order valence-corrected chi connectivity index (χ4v) is 3.10. The van der Waals surface area contributed by atoms with E-state index in [2.05, 4.69) is 15.1 Å². The molecule has 1 fully saturated rings. The molecule has 1 aromatic heterocycles. The summed E-state index contributed by atoms with van der Waals surface area (Å²) in [6.07, 6.45) is -1.44. The van der Waals surface area contributed by atoms with E-state index in [0.29, 0.717) is 25.9 Å². The lowest BCUT2D eigenvalue weighted by Gasteiger charge is -2.33. The summed E-state index contributed by atoms with van der Waals surface area (Å²) in [5, 5.41) is 9.16. The van der Waals surface area contributed by atoms with Crippen LogP contribution in [0.5, 0.6) is 5.75 Å². The summed E-state index contributed by atoms with van der Waals surface area (Å²) < 4.78 is 44.8. The maximum Gasteiger partial charge on any atom is 0.419 e. The second-order valence-corrected chi connectivity index (χ2v) is 6.56. The Hall–Kier alpha value is -1.96. The van der Waals surface area contributed by atoms with Gasteiger partial charge < -0.3 is 9.64 Å². The number of alkyl halides is 3. The smallest absolute Gasteiger partial charge is 0.419 e. The maximum atomic E-state index is 13.0. The first kappa shape index (κ1) is 17.8. The molecule has 2 aromatic rings. The molecular formula is C17H18F3N3OS. The van der Waals surface area contributed by atoms with Gasteiger partial charge in [-0.3, -0.25) is 0 Å². The molecule has 0 atom stereocenters. The lowest BCUT2D eigenvalue weighted by Crippen LogP contribution is -2.39. The van der Waals surface area contributed by atoms with Crippen molar-refractivity contribution >= 4 is 17.6 Å². The molecule has 1 aromatic carbocycles. The molecule has 0 amide bonds. The molecule has 0 saturated carbocycles. The predicted octanol–water partition coefficient (Wildman–Crippen LogP) is 4.27. The molecule has 1 saturated heterocycles. The summed E-state index contributed by atoms with van der Waals surface area (Å²) in [5.41, 5.74) is -0.726. The highest BCUT2D eigenvalue weighted by Gasteiger charge is 2.35. The summed E-state index contributed by atoms with van der Waals surface area (Å²) in [7, 11) is 0. The molecular weight excluding hydrogens is 351 g/mol. The lowest BCUT2D eigenvalue weighted by molar-refractivity contribution is -0.139. The summed E-state index contributed by atoms with van der Waals surface area (Å²) in [4.78, 5) is 2.08. The highest BCUT2D eigenvalue weighted by molar-refractivity contribution is 7.98.